The number of aromatic amines is 1. The monoisotopic (exact) mass is 419 g/mol. The Labute approximate surface area is 178 Å². The summed E-state index contributed by atoms with van der Waals surface area (Å²) in [6, 6.07) is 11.6. The lowest BCUT2D eigenvalue weighted by Gasteiger charge is -2.22. The maximum absolute atomic E-state index is 13.7. The zero-order chi connectivity index (χ0) is 22.3. The van der Waals surface area contributed by atoms with Crippen LogP contribution in [-0.2, 0) is 9.53 Å². The molecule has 2 unspecified atom stereocenters. The highest BCUT2D eigenvalue weighted by molar-refractivity contribution is 5.87. The number of nitrogens with one attached hydrogen (secondary N) is 1. The molecule has 0 fully saturated rings. The number of hydrogen-bond donors (Lipinski definition) is 1. The van der Waals surface area contributed by atoms with Crippen LogP contribution in [0.25, 0.3) is 21.8 Å². The molecule has 160 valence electrons. The number of para-hydroxylation sites is 1. The molecule has 0 radical (unpaired) electrons. The van der Waals surface area contributed by atoms with Crippen LogP contribution in [0.3, 0.4) is 0 Å². The van der Waals surface area contributed by atoms with Crippen molar-refractivity contribution < 1.29 is 9.53 Å². The molecule has 2 aromatic heterocycles. The normalized spacial score (nSPS) is 13.4. The quantitative estimate of drug-likeness (QED) is 0.500. The maximum atomic E-state index is 13.7. The average molecular weight is 419 g/mol. The number of nitrogens with zero attached hydrogens (tertiary/aromatic N) is 2. The van der Waals surface area contributed by atoms with Gasteiger partial charge in [-0.2, -0.15) is 0 Å². The lowest BCUT2D eigenvalue weighted by molar-refractivity contribution is -0.144. The summed E-state index contributed by atoms with van der Waals surface area (Å²) in [7, 11) is 1.26. The molecule has 0 aliphatic rings. The van der Waals surface area contributed by atoms with Crippen molar-refractivity contribution in [2.45, 2.75) is 39.3 Å². The van der Waals surface area contributed by atoms with Crippen LogP contribution in [0.1, 0.15) is 43.5 Å². The Bertz CT molecular complexity index is 1410. The number of benzene rings is 2. The van der Waals surface area contributed by atoms with Gasteiger partial charge in [-0.15, -0.1) is 0 Å². The van der Waals surface area contributed by atoms with Crippen molar-refractivity contribution in [2.75, 3.05) is 7.11 Å². The standard InChI is InChI=1S/C24H25N3O4/c1-5-19(23(29)31-4)27-22(28)16-10-6-7-12-20(16)26(24(27)30)15(3)17-13-25-18-11-8-9-14(2)21(17)18/h6-13,15,19,25H,5H2,1-4H3. The smallest absolute Gasteiger partial charge is 0.332 e. The first-order valence-electron chi connectivity index (χ1n) is 10.3. The second-order valence-corrected chi connectivity index (χ2v) is 7.71. The van der Waals surface area contributed by atoms with Crippen LogP contribution >= 0.6 is 0 Å². The lowest BCUT2D eigenvalue weighted by Crippen LogP contribution is -2.45. The van der Waals surface area contributed by atoms with E-state index < -0.39 is 23.3 Å². The molecule has 2 atom stereocenters. The first-order valence-corrected chi connectivity index (χ1v) is 10.3. The van der Waals surface area contributed by atoms with E-state index in [2.05, 4.69) is 4.98 Å². The number of aryl methyl sites for hydroxylation is 1. The molecule has 2 aromatic carbocycles. The molecule has 2 heterocycles. The zero-order valence-electron chi connectivity index (χ0n) is 18.0. The third-order valence-electron chi connectivity index (χ3n) is 5.98. The third-order valence-corrected chi connectivity index (χ3v) is 5.98. The van der Waals surface area contributed by atoms with Crippen LogP contribution in [-0.4, -0.2) is 27.2 Å². The van der Waals surface area contributed by atoms with Crippen LogP contribution in [0.15, 0.2) is 58.3 Å². The summed E-state index contributed by atoms with van der Waals surface area (Å²) in [5, 5.41) is 1.43. The van der Waals surface area contributed by atoms with Gasteiger partial charge in [0.15, 0.2) is 0 Å². The van der Waals surface area contributed by atoms with Gasteiger partial charge < -0.3 is 9.72 Å². The SMILES string of the molecule is CCC(C(=O)OC)n1c(=O)c2ccccc2n(C(C)c2c[nH]c3cccc(C)c23)c1=O. The van der Waals surface area contributed by atoms with E-state index in [4.69, 9.17) is 4.74 Å². The number of hydrogen-bond acceptors (Lipinski definition) is 4. The van der Waals surface area contributed by atoms with E-state index in [0.717, 1.165) is 26.6 Å². The van der Waals surface area contributed by atoms with Gasteiger partial charge in [-0.1, -0.05) is 31.2 Å². The Morgan fingerprint density at radius 3 is 2.55 bits per heavy atom. The summed E-state index contributed by atoms with van der Waals surface area (Å²) >= 11 is 0. The number of ether oxygens (including phenoxy) is 1. The molecule has 7 nitrogen and oxygen atoms in total. The lowest BCUT2D eigenvalue weighted by atomic mass is 10.0. The molecule has 4 aromatic rings. The van der Waals surface area contributed by atoms with Crippen molar-refractivity contribution in [3.63, 3.8) is 0 Å². The van der Waals surface area contributed by atoms with Crippen LogP contribution in [0.5, 0.6) is 0 Å². The number of carbonyl (C=O) groups is 1. The largest absolute Gasteiger partial charge is 0.467 e. The summed E-state index contributed by atoms with van der Waals surface area (Å²) in [6.07, 6.45) is 2.16. The van der Waals surface area contributed by atoms with E-state index in [1.54, 1.807) is 35.8 Å². The molecule has 0 bridgehead atoms. The minimum Gasteiger partial charge on any atom is -0.467 e. The summed E-state index contributed by atoms with van der Waals surface area (Å²) in [4.78, 5) is 42.6. The molecule has 31 heavy (non-hydrogen) atoms. The van der Waals surface area contributed by atoms with Gasteiger partial charge in [0.1, 0.15) is 6.04 Å². The van der Waals surface area contributed by atoms with Crippen molar-refractivity contribution >= 4 is 27.8 Å². The van der Waals surface area contributed by atoms with E-state index in [0.29, 0.717) is 10.9 Å². The summed E-state index contributed by atoms with van der Waals surface area (Å²) in [6.45, 7) is 5.70. The Morgan fingerprint density at radius 1 is 1.10 bits per heavy atom. The second-order valence-electron chi connectivity index (χ2n) is 7.71. The molecule has 0 amide bonds. The molecular weight excluding hydrogens is 394 g/mol. The molecule has 0 saturated heterocycles. The van der Waals surface area contributed by atoms with Crippen LogP contribution < -0.4 is 11.2 Å². The van der Waals surface area contributed by atoms with Crippen molar-refractivity contribution in [1.29, 1.82) is 0 Å². The number of methoxy groups -OCH3 is 1. The van der Waals surface area contributed by atoms with E-state index in [1.165, 1.54) is 7.11 Å². The van der Waals surface area contributed by atoms with Gasteiger partial charge in [0.05, 0.1) is 24.1 Å². The molecule has 7 heteroatoms. The fraction of sp³-hybridized carbons (Fsp3) is 0.292. The van der Waals surface area contributed by atoms with E-state index in [-0.39, 0.29) is 12.5 Å². The molecular formula is C24H25N3O4. The van der Waals surface area contributed by atoms with Gasteiger partial charge >= 0.3 is 11.7 Å². The molecule has 4 rings (SSSR count). The second kappa shape index (κ2) is 7.91. The van der Waals surface area contributed by atoms with Crippen LogP contribution in [0.2, 0.25) is 0 Å². The topological polar surface area (TPSA) is 86.1 Å². The number of esters is 1. The van der Waals surface area contributed by atoms with Gasteiger partial charge in [0.25, 0.3) is 5.56 Å². The van der Waals surface area contributed by atoms with Crippen molar-refractivity contribution in [2.24, 2.45) is 0 Å². The van der Waals surface area contributed by atoms with Gasteiger partial charge in [0.2, 0.25) is 0 Å². The number of H-pyrrole nitrogens is 1. The Morgan fingerprint density at radius 2 is 1.84 bits per heavy atom. The highest BCUT2D eigenvalue weighted by Gasteiger charge is 2.27. The fourth-order valence-electron chi connectivity index (χ4n) is 4.41. The Kier molecular flexibility index (Phi) is 5.27. The summed E-state index contributed by atoms with van der Waals surface area (Å²) in [5.74, 6) is -0.612. The first kappa shape index (κ1) is 20.7. The van der Waals surface area contributed by atoms with Gasteiger partial charge in [-0.3, -0.25) is 9.36 Å². The third kappa shape index (κ3) is 3.17. The Balaban J connectivity index is 2.07. The van der Waals surface area contributed by atoms with Gasteiger partial charge in [-0.25, -0.2) is 14.2 Å². The highest BCUT2D eigenvalue weighted by atomic mass is 16.5. The van der Waals surface area contributed by atoms with Crippen molar-refractivity contribution in [1.82, 2.24) is 14.1 Å². The molecule has 0 aliphatic carbocycles. The molecule has 0 spiro atoms. The highest BCUT2D eigenvalue weighted by Crippen LogP contribution is 2.30. The van der Waals surface area contributed by atoms with Crippen LogP contribution in [0, 0.1) is 6.92 Å². The van der Waals surface area contributed by atoms with Gasteiger partial charge in [0, 0.05) is 22.7 Å². The Hall–Kier alpha value is -3.61. The summed E-state index contributed by atoms with van der Waals surface area (Å²) in [5.41, 5.74) is 2.52. The number of fused-ring (bicyclic) bond motifs is 2. The summed E-state index contributed by atoms with van der Waals surface area (Å²) < 4.78 is 7.50. The van der Waals surface area contributed by atoms with E-state index in [9.17, 15) is 14.4 Å². The first-order chi connectivity index (χ1) is 14.9. The van der Waals surface area contributed by atoms with Crippen LogP contribution in [0.4, 0.5) is 0 Å². The number of aromatic nitrogens is 3. The average Bonchev–Trinajstić information content (AvgIpc) is 3.22. The number of carbonyl (C=O) groups excluding carboxylic acids is 1. The predicted molar refractivity (Wildman–Crippen MR) is 121 cm³/mol. The molecule has 0 saturated carbocycles. The predicted octanol–water partition coefficient (Wildman–Crippen LogP) is 3.69. The minimum atomic E-state index is -0.988. The van der Waals surface area contributed by atoms with E-state index in [1.807, 2.05) is 38.2 Å². The molecule has 0 aliphatic heterocycles. The van der Waals surface area contributed by atoms with E-state index >= 15 is 0 Å². The van der Waals surface area contributed by atoms with Crippen molar-refractivity contribution in [3.8, 4) is 0 Å². The number of rotatable bonds is 5. The van der Waals surface area contributed by atoms with Crippen molar-refractivity contribution in [3.05, 3.63) is 80.6 Å². The zero-order valence-corrected chi connectivity index (χ0v) is 18.0. The molecule has 1 N–H and O–H groups in total. The fourth-order valence-corrected chi connectivity index (χ4v) is 4.41. The van der Waals surface area contributed by atoms with Gasteiger partial charge in [-0.05, 0) is 44.0 Å². The minimum absolute atomic E-state index is 0.265. The maximum Gasteiger partial charge on any atom is 0.332 e.